The van der Waals surface area contributed by atoms with Gasteiger partial charge in [0.25, 0.3) is 0 Å². The summed E-state index contributed by atoms with van der Waals surface area (Å²) >= 11 is 0. The van der Waals surface area contributed by atoms with Crippen molar-refractivity contribution >= 4 is 18.0 Å². The van der Waals surface area contributed by atoms with Crippen LogP contribution in [0.15, 0.2) is 48.1 Å². The number of hydrogen-bond acceptors (Lipinski definition) is 6. The van der Waals surface area contributed by atoms with Gasteiger partial charge in [0.15, 0.2) is 0 Å². The van der Waals surface area contributed by atoms with Crippen LogP contribution in [-0.4, -0.2) is 61.4 Å². The standard InChI is InChI=1S/C19H23NO5/c1-24-18(22)15(10-6-9-14-7-4-3-5-8-14)12-20-13-16(21)11-17(20)19(23)25-2/h3-10,16-17,21H,11-13H2,1-2H3/b9-6+,15-10+/t16-,17+/m1/s1. The van der Waals surface area contributed by atoms with Crippen molar-refractivity contribution in [1.82, 2.24) is 4.90 Å². The minimum Gasteiger partial charge on any atom is -0.468 e. The van der Waals surface area contributed by atoms with E-state index in [1.165, 1.54) is 14.2 Å². The lowest BCUT2D eigenvalue weighted by Gasteiger charge is -2.22. The van der Waals surface area contributed by atoms with E-state index in [4.69, 9.17) is 9.47 Å². The number of allylic oxidation sites excluding steroid dienone is 2. The molecule has 2 atom stereocenters. The second-order valence-electron chi connectivity index (χ2n) is 5.81. The Hall–Kier alpha value is -2.44. The number of ether oxygens (including phenoxy) is 2. The van der Waals surface area contributed by atoms with Crippen LogP contribution in [0.25, 0.3) is 6.08 Å². The highest BCUT2D eigenvalue weighted by atomic mass is 16.5. The fraction of sp³-hybridized carbons (Fsp3) is 0.368. The molecule has 6 nitrogen and oxygen atoms in total. The summed E-state index contributed by atoms with van der Waals surface area (Å²) in [6.07, 6.45) is 4.97. The molecule has 6 heteroatoms. The van der Waals surface area contributed by atoms with Crippen LogP contribution in [0.5, 0.6) is 0 Å². The topological polar surface area (TPSA) is 76.1 Å². The molecule has 0 aliphatic carbocycles. The van der Waals surface area contributed by atoms with Gasteiger partial charge in [-0.05, 0) is 5.56 Å². The fourth-order valence-corrected chi connectivity index (χ4v) is 2.81. The summed E-state index contributed by atoms with van der Waals surface area (Å²) in [6.45, 7) is 0.499. The number of hydrogen-bond donors (Lipinski definition) is 1. The monoisotopic (exact) mass is 345 g/mol. The lowest BCUT2D eigenvalue weighted by atomic mass is 10.1. The molecule has 0 radical (unpaired) electrons. The van der Waals surface area contributed by atoms with Crippen LogP contribution in [-0.2, 0) is 19.1 Å². The van der Waals surface area contributed by atoms with E-state index in [1.54, 1.807) is 17.1 Å². The molecule has 1 fully saturated rings. The lowest BCUT2D eigenvalue weighted by molar-refractivity contribution is -0.146. The molecule has 25 heavy (non-hydrogen) atoms. The first-order chi connectivity index (χ1) is 12.0. The van der Waals surface area contributed by atoms with Crippen molar-refractivity contribution < 1.29 is 24.2 Å². The van der Waals surface area contributed by atoms with Gasteiger partial charge < -0.3 is 14.6 Å². The Morgan fingerprint density at radius 2 is 1.96 bits per heavy atom. The van der Waals surface area contributed by atoms with Crippen molar-refractivity contribution in [2.45, 2.75) is 18.6 Å². The normalized spacial score (nSPS) is 21.5. The van der Waals surface area contributed by atoms with E-state index in [0.717, 1.165) is 5.56 Å². The number of carbonyl (C=O) groups excluding carboxylic acids is 2. The highest BCUT2D eigenvalue weighted by molar-refractivity contribution is 5.89. The van der Waals surface area contributed by atoms with E-state index in [9.17, 15) is 14.7 Å². The molecule has 1 saturated heterocycles. The summed E-state index contributed by atoms with van der Waals surface area (Å²) in [5.74, 6) is -0.886. The average Bonchev–Trinajstić information content (AvgIpc) is 3.00. The Morgan fingerprint density at radius 1 is 1.24 bits per heavy atom. The van der Waals surface area contributed by atoms with Gasteiger partial charge in [0.2, 0.25) is 0 Å². The summed E-state index contributed by atoms with van der Waals surface area (Å²) in [6, 6.07) is 9.12. The van der Waals surface area contributed by atoms with Crippen LogP contribution >= 0.6 is 0 Å². The first-order valence-corrected chi connectivity index (χ1v) is 8.05. The average molecular weight is 345 g/mol. The molecule has 1 aliphatic rings. The van der Waals surface area contributed by atoms with Crippen LogP contribution in [0.4, 0.5) is 0 Å². The largest absolute Gasteiger partial charge is 0.468 e. The first kappa shape index (κ1) is 18.9. The Labute approximate surface area is 147 Å². The van der Waals surface area contributed by atoms with Crippen LogP contribution in [0, 0.1) is 0 Å². The van der Waals surface area contributed by atoms with Crippen molar-refractivity contribution in [3.05, 3.63) is 53.6 Å². The highest BCUT2D eigenvalue weighted by Gasteiger charge is 2.37. The van der Waals surface area contributed by atoms with Gasteiger partial charge in [0.05, 0.1) is 25.9 Å². The number of nitrogens with zero attached hydrogens (tertiary/aromatic N) is 1. The van der Waals surface area contributed by atoms with E-state index < -0.39 is 24.1 Å². The van der Waals surface area contributed by atoms with Gasteiger partial charge in [-0.2, -0.15) is 0 Å². The third kappa shape index (κ3) is 5.27. The van der Waals surface area contributed by atoms with Crippen molar-refractivity contribution in [3.63, 3.8) is 0 Å². The Balaban J connectivity index is 2.14. The zero-order valence-corrected chi connectivity index (χ0v) is 14.4. The molecule has 134 valence electrons. The predicted octanol–water partition coefficient (Wildman–Crippen LogP) is 1.41. The molecule has 1 N–H and O–H groups in total. The maximum absolute atomic E-state index is 12.0. The number of carbonyl (C=O) groups is 2. The number of methoxy groups -OCH3 is 2. The van der Waals surface area contributed by atoms with E-state index >= 15 is 0 Å². The molecule has 1 aromatic carbocycles. The molecule has 0 spiro atoms. The van der Waals surface area contributed by atoms with E-state index in [0.29, 0.717) is 18.5 Å². The van der Waals surface area contributed by atoms with Crippen LogP contribution in [0.3, 0.4) is 0 Å². The summed E-state index contributed by atoms with van der Waals surface area (Å²) < 4.78 is 9.61. The van der Waals surface area contributed by atoms with Crippen LogP contribution < -0.4 is 0 Å². The third-order valence-electron chi connectivity index (χ3n) is 4.06. The maximum atomic E-state index is 12.0. The summed E-state index contributed by atoms with van der Waals surface area (Å²) in [5.41, 5.74) is 1.41. The van der Waals surface area contributed by atoms with Gasteiger partial charge in [0.1, 0.15) is 6.04 Å². The molecular weight excluding hydrogens is 322 g/mol. The van der Waals surface area contributed by atoms with Gasteiger partial charge in [-0.3, -0.25) is 9.69 Å². The molecule has 0 amide bonds. The molecular formula is C19H23NO5. The van der Waals surface area contributed by atoms with Gasteiger partial charge in [-0.25, -0.2) is 4.79 Å². The lowest BCUT2D eigenvalue weighted by Crippen LogP contribution is -2.39. The number of β-amino-alcohol motifs (C(OH)–C–C–N with tert-alkyl or cyclic N) is 1. The summed E-state index contributed by atoms with van der Waals surface area (Å²) in [7, 11) is 2.62. The molecule has 1 aliphatic heterocycles. The van der Waals surface area contributed by atoms with E-state index in [2.05, 4.69) is 0 Å². The van der Waals surface area contributed by atoms with Crippen LogP contribution in [0.2, 0.25) is 0 Å². The smallest absolute Gasteiger partial charge is 0.335 e. The number of esters is 2. The third-order valence-corrected chi connectivity index (χ3v) is 4.06. The fourth-order valence-electron chi connectivity index (χ4n) is 2.81. The number of aliphatic hydroxyl groups excluding tert-OH is 1. The van der Waals surface area contributed by atoms with Crippen molar-refractivity contribution in [3.8, 4) is 0 Å². The number of likely N-dealkylation sites (tertiary alicyclic amines) is 1. The second kappa shape index (κ2) is 9.15. The number of aliphatic hydroxyl groups is 1. The van der Waals surface area contributed by atoms with Gasteiger partial charge in [-0.15, -0.1) is 0 Å². The first-order valence-electron chi connectivity index (χ1n) is 8.05. The van der Waals surface area contributed by atoms with Gasteiger partial charge in [0, 0.05) is 19.5 Å². The van der Waals surface area contributed by atoms with Crippen molar-refractivity contribution in [2.24, 2.45) is 0 Å². The Morgan fingerprint density at radius 3 is 2.60 bits per heavy atom. The zero-order valence-electron chi connectivity index (χ0n) is 14.4. The number of rotatable bonds is 6. The zero-order chi connectivity index (χ0) is 18.2. The molecule has 1 heterocycles. The highest BCUT2D eigenvalue weighted by Crippen LogP contribution is 2.21. The molecule has 0 aromatic heterocycles. The summed E-state index contributed by atoms with van der Waals surface area (Å²) in [4.78, 5) is 25.6. The second-order valence-corrected chi connectivity index (χ2v) is 5.81. The summed E-state index contributed by atoms with van der Waals surface area (Å²) in [5, 5.41) is 9.85. The van der Waals surface area contributed by atoms with Crippen molar-refractivity contribution in [2.75, 3.05) is 27.3 Å². The molecule has 0 bridgehead atoms. The Bertz CT molecular complexity index is 653. The van der Waals surface area contributed by atoms with Crippen molar-refractivity contribution in [1.29, 1.82) is 0 Å². The molecule has 0 unspecified atom stereocenters. The minimum absolute atomic E-state index is 0.197. The minimum atomic E-state index is -0.622. The van der Waals surface area contributed by atoms with Crippen LogP contribution in [0.1, 0.15) is 12.0 Å². The van der Waals surface area contributed by atoms with Gasteiger partial charge >= 0.3 is 11.9 Å². The Kier molecular flexibility index (Phi) is 6.91. The quantitative estimate of drug-likeness (QED) is 0.477. The molecule has 2 rings (SSSR count). The van der Waals surface area contributed by atoms with E-state index in [1.807, 2.05) is 36.4 Å². The van der Waals surface area contributed by atoms with Gasteiger partial charge in [-0.1, -0.05) is 48.6 Å². The predicted molar refractivity (Wildman–Crippen MR) is 93.6 cm³/mol. The molecule has 1 aromatic rings. The SMILES string of the molecule is COC(=O)/C(=C/C=C/c1ccccc1)CN1C[C@H](O)C[C@H]1C(=O)OC. The maximum Gasteiger partial charge on any atom is 0.335 e. The molecule has 0 saturated carbocycles. The number of benzene rings is 1. The van der Waals surface area contributed by atoms with E-state index in [-0.39, 0.29) is 6.54 Å².